The van der Waals surface area contributed by atoms with E-state index < -0.39 is 5.97 Å². The van der Waals surface area contributed by atoms with Gasteiger partial charge in [0.15, 0.2) is 0 Å². The average Bonchev–Trinajstić information content (AvgIpc) is 2.30. The number of carboxylic acid groups (broad SMARTS) is 1. The van der Waals surface area contributed by atoms with Crippen LogP contribution in [-0.4, -0.2) is 37.4 Å². The van der Waals surface area contributed by atoms with Crippen molar-refractivity contribution in [1.29, 1.82) is 0 Å². The summed E-state index contributed by atoms with van der Waals surface area (Å²) in [7, 11) is 0. The summed E-state index contributed by atoms with van der Waals surface area (Å²) in [6, 6.07) is 7.70. The number of hydrogen-bond donors (Lipinski definition) is 1. The Hall–Kier alpha value is -1.55. The quantitative estimate of drug-likeness (QED) is 0.831. The van der Waals surface area contributed by atoms with Gasteiger partial charge in [-0.1, -0.05) is 12.1 Å². The van der Waals surface area contributed by atoms with Gasteiger partial charge in [0.1, 0.15) is 0 Å². The zero-order chi connectivity index (χ0) is 11.4. The summed E-state index contributed by atoms with van der Waals surface area (Å²) in [4.78, 5) is 12.8. The Morgan fingerprint density at radius 2 is 1.88 bits per heavy atom. The van der Waals surface area contributed by atoms with Crippen LogP contribution in [-0.2, 0) is 16.0 Å². The number of nitrogens with zero attached hydrogens (tertiary/aromatic N) is 1. The van der Waals surface area contributed by atoms with Crippen molar-refractivity contribution in [3.8, 4) is 0 Å². The van der Waals surface area contributed by atoms with Gasteiger partial charge in [0, 0.05) is 18.8 Å². The summed E-state index contributed by atoms with van der Waals surface area (Å²) in [5.74, 6) is -0.792. The molecule has 1 N–H and O–H groups in total. The normalized spacial score (nSPS) is 16.1. The largest absolute Gasteiger partial charge is 0.481 e. The van der Waals surface area contributed by atoms with Gasteiger partial charge < -0.3 is 14.7 Å². The average molecular weight is 221 g/mol. The standard InChI is InChI=1S/C12H15NO3/c14-12(15)9-10-1-3-11(4-2-10)13-5-7-16-8-6-13/h1-4H,5-9H2,(H,14,15). The Balaban J connectivity index is 2.03. The molecule has 1 fully saturated rings. The van der Waals surface area contributed by atoms with Gasteiger partial charge in [-0.05, 0) is 17.7 Å². The second-order valence-electron chi connectivity index (χ2n) is 3.84. The van der Waals surface area contributed by atoms with E-state index in [2.05, 4.69) is 4.90 Å². The van der Waals surface area contributed by atoms with E-state index >= 15 is 0 Å². The summed E-state index contributed by atoms with van der Waals surface area (Å²) in [5, 5.41) is 8.66. The SMILES string of the molecule is O=C(O)Cc1ccc(N2CCOCC2)cc1. The third-order valence-electron chi connectivity index (χ3n) is 2.67. The topological polar surface area (TPSA) is 49.8 Å². The van der Waals surface area contributed by atoms with Gasteiger partial charge >= 0.3 is 5.97 Å². The molecule has 0 aromatic heterocycles. The fraction of sp³-hybridized carbons (Fsp3) is 0.417. The highest BCUT2D eigenvalue weighted by Crippen LogP contribution is 2.16. The van der Waals surface area contributed by atoms with Crippen LogP contribution in [0.2, 0.25) is 0 Å². The molecule has 0 aliphatic carbocycles. The van der Waals surface area contributed by atoms with Gasteiger partial charge in [0.05, 0.1) is 19.6 Å². The van der Waals surface area contributed by atoms with Crippen molar-refractivity contribution >= 4 is 11.7 Å². The monoisotopic (exact) mass is 221 g/mol. The molecule has 1 aromatic rings. The third kappa shape index (κ3) is 2.73. The first-order valence-corrected chi connectivity index (χ1v) is 5.39. The van der Waals surface area contributed by atoms with Crippen LogP contribution in [0.15, 0.2) is 24.3 Å². The molecule has 16 heavy (non-hydrogen) atoms. The predicted octanol–water partition coefficient (Wildman–Crippen LogP) is 1.15. The Bertz CT molecular complexity index is 355. The maximum atomic E-state index is 10.5. The molecule has 0 saturated carbocycles. The van der Waals surface area contributed by atoms with E-state index in [0.717, 1.165) is 37.6 Å². The molecule has 0 spiro atoms. The molecule has 1 aromatic carbocycles. The molecule has 1 heterocycles. The highest BCUT2D eigenvalue weighted by molar-refractivity contribution is 5.70. The van der Waals surface area contributed by atoms with Gasteiger partial charge in [-0.25, -0.2) is 0 Å². The van der Waals surface area contributed by atoms with Crippen LogP contribution in [0.1, 0.15) is 5.56 Å². The Labute approximate surface area is 94.4 Å². The minimum atomic E-state index is -0.792. The summed E-state index contributed by atoms with van der Waals surface area (Å²) in [6.45, 7) is 3.32. The number of carboxylic acids is 1. The number of benzene rings is 1. The molecule has 1 aliphatic heterocycles. The fourth-order valence-electron chi connectivity index (χ4n) is 1.82. The van der Waals surface area contributed by atoms with Gasteiger partial charge in [-0.2, -0.15) is 0 Å². The smallest absolute Gasteiger partial charge is 0.307 e. The van der Waals surface area contributed by atoms with Crippen molar-refractivity contribution in [2.75, 3.05) is 31.2 Å². The lowest BCUT2D eigenvalue weighted by molar-refractivity contribution is -0.136. The van der Waals surface area contributed by atoms with Crippen molar-refractivity contribution in [2.24, 2.45) is 0 Å². The molecule has 0 bridgehead atoms. The maximum absolute atomic E-state index is 10.5. The summed E-state index contributed by atoms with van der Waals surface area (Å²) in [6.07, 6.45) is 0.0867. The number of aliphatic carboxylic acids is 1. The summed E-state index contributed by atoms with van der Waals surface area (Å²) < 4.78 is 5.28. The number of ether oxygens (including phenoxy) is 1. The van der Waals surface area contributed by atoms with Gasteiger partial charge in [0.2, 0.25) is 0 Å². The fourth-order valence-corrected chi connectivity index (χ4v) is 1.82. The Morgan fingerprint density at radius 1 is 1.25 bits per heavy atom. The van der Waals surface area contributed by atoms with Crippen molar-refractivity contribution in [3.63, 3.8) is 0 Å². The first-order valence-electron chi connectivity index (χ1n) is 5.39. The molecule has 4 nitrogen and oxygen atoms in total. The first kappa shape index (κ1) is 11.0. The minimum absolute atomic E-state index is 0.0867. The Kier molecular flexibility index (Phi) is 3.41. The number of hydrogen-bond acceptors (Lipinski definition) is 3. The molecule has 1 saturated heterocycles. The molecule has 4 heteroatoms. The highest BCUT2D eigenvalue weighted by Gasteiger charge is 2.10. The van der Waals surface area contributed by atoms with Crippen molar-refractivity contribution < 1.29 is 14.6 Å². The first-order chi connectivity index (χ1) is 7.75. The molecule has 0 amide bonds. The van der Waals surface area contributed by atoms with E-state index in [4.69, 9.17) is 9.84 Å². The van der Waals surface area contributed by atoms with Gasteiger partial charge in [0.25, 0.3) is 0 Å². The second-order valence-corrected chi connectivity index (χ2v) is 3.84. The highest BCUT2D eigenvalue weighted by atomic mass is 16.5. The Morgan fingerprint density at radius 3 is 2.44 bits per heavy atom. The van der Waals surface area contributed by atoms with E-state index in [1.54, 1.807) is 0 Å². The molecular weight excluding hydrogens is 206 g/mol. The molecule has 1 aliphatic rings. The molecule has 0 atom stereocenters. The predicted molar refractivity (Wildman–Crippen MR) is 60.8 cm³/mol. The molecular formula is C12H15NO3. The van der Waals surface area contributed by atoms with E-state index in [0.29, 0.717) is 0 Å². The van der Waals surface area contributed by atoms with Crippen LogP contribution in [0.5, 0.6) is 0 Å². The van der Waals surface area contributed by atoms with Gasteiger partial charge in [-0.3, -0.25) is 4.79 Å². The summed E-state index contributed by atoms with van der Waals surface area (Å²) in [5.41, 5.74) is 1.97. The van der Waals surface area contributed by atoms with Crippen LogP contribution in [0.4, 0.5) is 5.69 Å². The van der Waals surface area contributed by atoms with Crippen LogP contribution < -0.4 is 4.90 Å². The third-order valence-corrected chi connectivity index (χ3v) is 2.67. The molecule has 2 rings (SSSR count). The number of anilines is 1. The molecule has 86 valence electrons. The maximum Gasteiger partial charge on any atom is 0.307 e. The van der Waals surface area contributed by atoms with E-state index in [9.17, 15) is 4.79 Å². The zero-order valence-electron chi connectivity index (χ0n) is 9.06. The van der Waals surface area contributed by atoms with Crippen LogP contribution in [0, 0.1) is 0 Å². The van der Waals surface area contributed by atoms with Crippen LogP contribution in [0.3, 0.4) is 0 Å². The van der Waals surface area contributed by atoms with Crippen molar-refractivity contribution in [3.05, 3.63) is 29.8 Å². The zero-order valence-corrected chi connectivity index (χ0v) is 9.06. The van der Waals surface area contributed by atoms with Crippen molar-refractivity contribution in [1.82, 2.24) is 0 Å². The van der Waals surface area contributed by atoms with Gasteiger partial charge in [-0.15, -0.1) is 0 Å². The molecule has 0 unspecified atom stereocenters. The van der Waals surface area contributed by atoms with Crippen molar-refractivity contribution in [2.45, 2.75) is 6.42 Å². The lowest BCUT2D eigenvalue weighted by Crippen LogP contribution is -2.36. The van der Waals surface area contributed by atoms with E-state index in [1.807, 2.05) is 24.3 Å². The van der Waals surface area contributed by atoms with Crippen LogP contribution >= 0.6 is 0 Å². The van der Waals surface area contributed by atoms with Crippen LogP contribution in [0.25, 0.3) is 0 Å². The lowest BCUT2D eigenvalue weighted by atomic mass is 10.1. The molecule has 0 radical (unpaired) electrons. The lowest BCUT2D eigenvalue weighted by Gasteiger charge is -2.28. The van der Waals surface area contributed by atoms with E-state index in [1.165, 1.54) is 0 Å². The minimum Gasteiger partial charge on any atom is -0.481 e. The second kappa shape index (κ2) is 4.99. The number of rotatable bonds is 3. The van der Waals surface area contributed by atoms with E-state index in [-0.39, 0.29) is 6.42 Å². The summed E-state index contributed by atoms with van der Waals surface area (Å²) >= 11 is 0. The number of morpholine rings is 1. The number of carbonyl (C=O) groups is 1.